The van der Waals surface area contributed by atoms with E-state index in [1.807, 2.05) is 0 Å². The standard InChI is InChI=1S/C27H19ClF6N2O5/c28-19-8-4-15(5-9-19)13-22(25(39)40)36-24(38)21(14-16-2-1-3-18(12-16)26(29,30)31)35-23(37)17-6-10-20(11-7-17)41-27(32,33)34/h1-12,14,22H,13H2,(H,35,37)(H,36,38)(H,39,40)/t22-/m0/s1. The Labute approximate surface area is 233 Å². The van der Waals surface area contributed by atoms with Crippen LogP contribution in [-0.2, 0) is 22.2 Å². The quantitative estimate of drug-likeness (QED) is 0.211. The van der Waals surface area contributed by atoms with Crippen molar-refractivity contribution in [2.75, 3.05) is 0 Å². The van der Waals surface area contributed by atoms with Crippen LogP contribution >= 0.6 is 11.6 Å². The summed E-state index contributed by atoms with van der Waals surface area (Å²) in [5, 5.41) is 14.4. The zero-order valence-corrected chi connectivity index (χ0v) is 21.3. The molecule has 0 fully saturated rings. The van der Waals surface area contributed by atoms with E-state index in [0.717, 1.165) is 42.5 Å². The van der Waals surface area contributed by atoms with Crippen LogP contribution in [0.4, 0.5) is 26.3 Å². The first kappa shape index (κ1) is 31.0. The zero-order valence-electron chi connectivity index (χ0n) is 20.5. The molecule has 1 atom stereocenters. The maximum atomic E-state index is 13.2. The number of halogens is 7. The molecular formula is C27H19ClF6N2O5. The average Bonchev–Trinajstić information content (AvgIpc) is 2.88. The van der Waals surface area contributed by atoms with Gasteiger partial charge in [-0.2, -0.15) is 13.2 Å². The number of carboxylic acid groups (broad SMARTS) is 1. The molecule has 0 aliphatic rings. The number of nitrogens with one attached hydrogen (secondary N) is 2. The van der Waals surface area contributed by atoms with Crippen molar-refractivity contribution in [3.63, 3.8) is 0 Å². The monoisotopic (exact) mass is 600 g/mol. The Hall–Kier alpha value is -4.52. The summed E-state index contributed by atoms with van der Waals surface area (Å²) >= 11 is 5.83. The molecule has 3 rings (SSSR count). The highest BCUT2D eigenvalue weighted by Gasteiger charge is 2.32. The van der Waals surface area contributed by atoms with Gasteiger partial charge < -0.3 is 20.5 Å². The molecule has 2 amide bonds. The Balaban J connectivity index is 1.91. The van der Waals surface area contributed by atoms with Gasteiger partial charge in [0.25, 0.3) is 11.8 Å². The van der Waals surface area contributed by atoms with Gasteiger partial charge in [-0.15, -0.1) is 13.2 Å². The number of aliphatic carboxylic acids is 1. The third-order valence-electron chi connectivity index (χ3n) is 5.32. The Morgan fingerprint density at radius 3 is 2.12 bits per heavy atom. The minimum absolute atomic E-state index is 0.163. The fraction of sp³-hybridized carbons (Fsp3) is 0.148. The van der Waals surface area contributed by atoms with E-state index in [0.29, 0.717) is 16.7 Å². The Morgan fingerprint density at radius 1 is 0.927 bits per heavy atom. The van der Waals surface area contributed by atoms with Crippen LogP contribution < -0.4 is 15.4 Å². The smallest absolute Gasteiger partial charge is 0.480 e. The second kappa shape index (κ2) is 12.8. The van der Waals surface area contributed by atoms with Crippen LogP contribution in [0.1, 0.15) is 27.0 Å². The van der Waals surface area contributed by atoms with E-state index in [4.69, 9.17) is 11.6 Å². The molecule has 3 aromatic carbocycles. The number of rotatable bonds is 9. The van der Waals surface area contributed by atoms with Gasteiger partial charge in [0, 0.05) is 17.0 Å². The minimum atomic E-state index is -4.98. The number of carboxylic acids is 1. The van der Waals surface area contributed by atoms with Crippen LogP contribution in [0.15, 0.2) is 78.5 Å². The Morgan fingerprint density at radius 2 is 1.56 bits per heavy atom. The maximum absolute atomic E-state index is 13.2. The number of carbonyl (C=O) groups is 3. The van der Waals surface area contributed by atoms with E-state index < -0.39 is 53.4 Å². The highest BCUT2D eigenvalue weighted by Crippen LogP contribution is 2.30. The van der Waals surface area contributed by atoms with E-state index >= 15 is 0 Å². The van der Waals surface area contributed by atoms with Crippen molar-refractivity contribution in [3.05, 3.63) is 106 Å². The van der Waals surface area contributed by atoms with Crippen LogP contribution in [0.3, 0.4) is 0 Å². The van der Waals surface area contributed by atoms with Crippen molar-refractivity contribution in [2.45, 2.75) is 25.0 Å². The highest BCUT2D eigenvalue weighted by atomic mass is 35.5. The molecule has 0 saturated heterocycles. The molecule has 0 heterocycles. The van der Waals surface area contributed by atoms with E-state index in [2.05, 4.69) is 15.4 Å². The molecule has 0 radical (unpaired) electrons. The van der Waals surface area contributed by atoms with Gasteiger partial charge in [0.05, 0.1) is 5.56 Å². The Bertz CT molecular complexity index is 1440. The van der Waals surface area contributed by atoms with Crippen molar-refractivity contribution in [3.8, 4) is 5.75 Å². The van der Waals surface area contributed by atoms with Crippen molar-refractivity contribution in [1.82, 2.24) is 10.6 Å². The van der Waals surface area contributed by atoms with Crippen LogP contribution in [0.25, 0.3) is 6.08 Å². The van der Waals surface area contributed by atoms with Gasteiger partial charge in [-0.25, -0.2) is 4.79 Å². The van der Waals surface area contributed by atoms with Gasteiger partial charge >= 0.3 is 18.5 Å². The summed E-state index contributed by atoms with van der Waals surface area (Å²) in [6.07, 6.45) is -9.01. The van der Waals surface area contributed by atoms with Gasteiger partial charge in [0.15, 0.2) is 0 Å². The van der Waals surface area contributed by atoms with Gasteiger partial charge in [0.2, 0.25) is 0 Å². The normalized spacial score (nSPS) is 12.8. The van der Waals surface area contributed by atoms with Crippen molar-refractivity contribution < 1.29 is 50.6 Å². The Kier molecular flexibility index (Phi) is 9.66. The number of ether oxygens (including phenoxy) is 1. The predicted octanol–water partition coefficient (Wildman–Crippen LogP) is 5.84. The summed E-state index contributed by atoms with van der Waals surface area (Å²) in [6, 6.07) is 11.9. The van der Waals surface area contributed by atoms with Crippen molar-refractivity contribution >= 4 is 35.5 Å². The zero-order chi connectivity index (χ0) is 30.4. The predicted molar refractivity (Wildman–Crippen MR) is 135 cm³/mol. The third kappa shape index (κ3) is 9.57. The van der Waals surface area contributed by atoms with E-state index in [9.17, 15) is 45.8 Å². The lowest BCUT2D eigenvalue weighted by Gasteiger charge is -2.17. The third-order valence-corrected chi connectivity index (χ3v) is 5.58. The minimum Gasteiger partial charge on any atom is -0.480 e. The molecule has 0 aliphatic carbocycles. The fourth-order valence-corrected chi connectivity index (χ4v) is 3.55. The lowest BCUT2D eigenvalue weighted by atomic mass is 10.1. The first-order chi connectivity index (χ1) is 19.1. The second-order valence-corrected chi connectivity index (χ2v) is 8.84. The molecule has 3 N–H and O–H groups in total. The van der Waals surface area contributed by atoms with Crippen LogP contribution in [-0.4, -0.2) is 35.3 Å². The van der Waals surface area contributed by atoms with E-state index in [1.165, 1.54) is 30.3 Å². The first-order valence-corrected chi connectivity index (χ1v) is 11.8. The second-order valence-electron chi connectivity index (χ2n) is 8.40. The van der Waals surface area contributed by atoms with Gasteiger partial charge in [-0.3, -0.25) is 9.59 Å². The summed E-state index contributed by atoms with van der Waals surface area (Å²) in [5.74, 6) is -4.26. The number of hydrogen-bond acceptors (Lipinski definition) is 4. The summed E-state index contributed by atoms with van der Waals surface area (Å²) in [6.45, 7) is 0. The van der Waals surface area contributed by atoms with E-state index in [1.54, 1.807) is 0 Å². The van der Waals surface area contributed by atoms with Crippen LogP contribution in [0.5, 0.6) is 5.75 Å². The number of alkyl halides is 6. The molecule has 216 valence electrons. The van der Waals surface area contributed by atoms with Crippen LogP contribution in [0.2, 0.25) is 5.02 Å². The summed E-state index contributed by atoms with van der Waals surface area (Å²) < 4.78 is 80.6. The lowest BCUT2D eigenvalue weighted by Crippen LogP contribution is -2.45. The molecule has 0 aromatic heterocycles. The van der Waals surface area contributed by atoms with Crippen LogP contribution in [0, 0.1) is 0 Å². The van der Waals surface area contributed by atoms with Crippen molar-refractivity contribution in [2.24, 2.45) is 0 Å². The number of benzene rings is 3. The summed E-state index contributed by atoms with van der Waals surface area (Å²) in [5.41, 5.74) is -1.60. The van der Waals surface area contributed by atoms with E-state index in [-0.39, 0.29) is 17.5 Å². The van der Waals surface area contributed by atoms with Gasteiger partial charge in [0.1, 0.15) is 17.5 Å². The number of carbonyl (C=O) groups excluding carboxylic acids is 2. The van der Waals surface area contributed by atoms with Gasteiger partial charge in [-0.1, -0.05) is 35.9 Å². The molecule has 7 nitrogen and oxygen atoms in total. The molecule has 0 unspecified atom stereocenters. The summed E-state index contributed by atoms with van der Waals surface area (Å²) in [4.78, 5) is 37.8. The fourth-order valence-electron chi connectivity index (χ4n) is 3.42. The van der Waals surface area contributed by atoms with Crippen molar-refractivity contribution in [1.29, 1.82) is 0 Å². The SMILES string of the molecule is O=C(N[C@@H](Cc1ccc(Cl)cc1)C(=O)O)C(=Cc1cccc(C(F)(F)F)c1)NC(=O)c1ccc(OC(F)(F)F)cc1. The van der Waals surface area contributed by atoms with Gasteiger partial charge in [-0.05, 0) is 65.7 Å². The molecule has 0 spiro atoms. The average molecular weight is 601 g/mol. The molecular weight excluding hydrogens is 582 g/mol. The molecule has 14 heteroatoms. The maximum Gasteiger partial charge on any atom is 0.573 e. The lowest BCUT2D eigenvalue weighted by molar-refractivity contribution is -0.274. The molecule has 0 saturated carbocycles. The molecule has 0 bridgehead atoms. The largest absolute Gasteiger partial charge is 0.573 e. The topological polar surface area (TPSA) is 105 Å². The molecule has 0 aliphatic heterocycles. The summed E-state index contributed by atoms with van der Waals surface area (Å²) in [7, 11) is 0. The molecule has 3 aromatic rings. The highest BCUT2D eigenvalue weighted by molar-refractivity contribution is 6.30. The number of hydrogen-bond donors (Lipinski definition) is 3. The molecule has 41 heavy (non-hydrogen) atoms. The first-order valence-electron chi connectivity index (χ1n) is 11.4. The number of amides is 2.